The van der Waals surface area contributed by atoms with E-state index >= 15 is 0 Å². The van der Waals surface area contributed by atoms with Crippen LogP contribution in [-0.2, 0) is 19.1 Å². The molecule has 1 aliphatic rings. The fraction of sp³-hybridized carbons (Fsp3) is 0.750. The van der Waals surface area contributed by atoms with Crippen LogP contribution in [0.1, 0.15) is 39.0 Å². The van der Waals surface area contributed by atoms with Crippen LogP contribution in [-0.4, -0.2) is 41.5 Å². The minimum absolute atomic E-state index is 0.00684. The van der Waals surface area contributed by atoms with Crippen molar-refractivity contribution in [3.63, 3.8) is 0 Å². The van der Waals surface area contributed by atoms with Crippen LogP contribution in [0.15, 0.2) is 0 Å². The molecular formula is C12H19NO5. The van der Waals surface area contributed by atoms with E-state index < -0.39 is 24.0 Å². The van der Waals surface area contributed by atoms with Crippen molar-refractivity contribution in [1.29, 1.82) is 0 Å². The first-order valence-corrected chi connectivity index (χ1v) is 6.21. The van der Waals surface area contributed by atoms with Crippen molar-refractivity contribution >= 4 is 17.7 Å². The summed E-state index contributed by atoms with van der Waals surface area (Å²) in [7, 11) is 0. The summed E-state index contributed by atoms with van der Waals surface area (Å²) >= 11 is 0. The smallest absolute Gasteiger partial charge is 0.326 e. The standard InChI is InChI=1S/C12H19NO5/c1-2-8(14)5-6-9(12(16)17)13-11(15)10-4-3-7-18-10/h9-10H,2-7H2,1H3,(H,13,15)(H,16,17)/t9-,10+/m1/s1. The molecule has 0 aliphatic carbocycles. The summed E-state index contributed by atoms with van der Waals surface area (Å²) in [5.74, 6) is -1.53. The Morgan fingerprint density at radius 2 is 2.17 bits per heavy atom. The molecular weight excluding hydrogens is 238 g/mol. The highest BCUT2D eigenvalue weighted by Gasteiger charge is 2.28. The number of nitrogens with one attached hydrogen (secondary N) is 1. The molecule has 0 aromatic heterocycles. The zero-order chi connectivity index (χ0) is 13.5. The van der Waals surface area contributed by atoms with Crippen LogP contribution in [0.25, 0.3) is 0 Å². The highest BCUT2D eigenvalue weighted by Crippen LogP contribution is 2.12. The Hall–Kier alpha value is -1.43. The van der Waals surface area contributed by atoms with E-state index in [1.165, 1.54) is 0 Å². The minimum Gasteiger partial charge on any atom is -0.480 e. The first kappa shape index (κ1) is 14.6. The van der Waals surface area contributed by atoms with Crippen molar-refractivity contribution in [1.82, 2.24) is 5.32 Å². The lowest BCUT2D eigenvalue weighted by Gasteiger charge is -2.16. The quantitative estimate of drug-likeness (QED) is 0.692. The number of amides is 1. The Morgan fingerprint density at radius 1 is 1.44 bits per heavy atom. The fourth-order valence-electron chi connectivity index (χ4n) is 1.79. The Kier molecular flexibility index (Phi) is 5.77. The molecule has 18 heavy (non-hydrogen) atoms. The van der Waals surface area contributed by atoms with Gasteiger partial charge in [0.15, 0.2) is 0 Å². The van der Waals surface area contributed by atoms with Crippen LogP contribution in [0.4, 0.5) is 0 Å². The van der Waals surface area contributed by atoms with E-state index in [2.05, 4.69) is 5.32 Å². The molecule has 0 aromatic rings. The normalized spacial score (nSPS) is 20.4. The maximum atomic E-state index is 11.7. The molecule has 6 heteroatoms. The molecule has 1 fully saturated rings. The number of hydrogen-bond donors (Lipinski definition) is 2. The van der Waals surface area contributed by atoms with Crippen LogP contribution in [0, 0.1) is 0 Å². The van der Waals surface area contributed by atoms with Crippen molar-refractivity contribution in [2.75, 3.05) is 6.61 Å². The molecule has 6 nitrogen and oxygen atoms in total. The van der Waals surface area contributed by atoms with Crippen molar-refractivity contribution < 1.29 is 24.2 Å². The molecule has 0 bridgehead atoms. The van der Waals surface area contributed by atoms with Gasteiger partial charge in [0.1, 0.15) is 17.9 Å². The van der Waals surface area contributed by atoms with Crippen LogP contribution >= 0.6 is 0 Å². The van der Waals surface area contributed by atoms with Crippen molar-refractivity contribution in [2.24, 2.45) is 0 Å². The van der Waals surface area contributed by atoms with E-state index in [0.717, 1.165) is 6.42 Å². The summed E-state index contributed by atoms with van der Waals surface area (Å²) in [5, 5.41) is 11.4. The summed E-state index contributed by atoms with van der Waals surface area (Å²) in [6, 6.07) is -1.02. The molecule has 2 N–H and O–H groups in total. The average molecular weight is 257 g/mol. The molecule has 1 heterocycles. The van der Waals surface area contributed by atoms with E-state index in [0.29, 0.717) is 19.4 Å². The monoisotopic (exact) mass is 257 g/mol. The SMILES string of the molecule is CCC(=O)CC[C@@H](NC(=O)[C@@H]1CCCO1)C(=O)O. The van der Waals surface area contributed by atoms with Gasteiger partial charge in [0.2, 0.25) is 5.91 Å². The van der Waals surface area contributed by atoms with E-state index in [-0.39, 0.29) is 18.6 Å². The third kappa shape index (κ3) is 4.44. The molecule has 102 valence electrons. The number of ether oxygens (including phenoxy) is 1. The number of Topliss-reactive ketones (excluding diaryl/α,β-unsaturated/α-hetero) is 1. The third-order valence-electron chi connectivity index (χ3n) is 2.94. The molecule has 1 amide bonds. The van der Waals surface area contributed by atoms with Crippen molar-refractivity contribution in [3.05, 3.63) is 0 Å². The summed E-state index contributed by atoms with van der Waals surface area (Å²) < 4.78 is 5.17. The highest BCUT2D eigenvalue weighted by molar-refractivity contribution is 5.87. The fourth-order valence-corrected chi connectivity index (χ4v) is 1.79. The number of carboxylic acid groups (broad SMARTS) is 1. The van der Waals surface area contributed by atoms with E-state index in [9.17, 15) is 14.4 Å². The summed E-state index contributed by atoms with van der Waals surface area (Å²) in [5.41, 5.74) is 0. The van der Waals surface area contributed by atoms with Gasteiger partial charge in [-0.25, -0.2) is 4.79 Å². The number of carbonyl (C=O) groups excluding carboxylic acids is 2. The molecule has 2 atom stereocenters. The Morgan fingerprint density at radius 3 is 2.67 bits per heavy atom. The van der Waals surface area contributed by atoms with Gasteiger partial charge in [-0.05, 0) is 19.3 Å². The van der Waals surface area contributed by atoms with E-state index in [4.69, 9.17) is 9.84 Å². The van der Waals surface area contributed by atoms with Crippen LogP contribution in [0.2, 0.25) is 0 Å². The van der Waals surface area contributed by atoms with Gasteiger partial charge in [-0.2, -0.15) is 0 Å². The number of rotatable bonds is 7. The number of hydrogen-bond acceptors (Lipinski definition) is 4. The molecule has 0 unspecified atom stereocenters. The first-order chi connectivity index (χ1) is 8.54. The largest absolute Gasteiger partial charge is 0.480 e. The van der Waals surface area contributed by atoms with Crippen molar-refractivity contribution in [2.45, 2.75) is 51.2 Å². The first-order valence-electron chi connectivity index (χ1n) is 6.21. The van der Waals surface area contributed by atoms with Gasteiger partial charge in [-0.15, -0.1) is 0 Å². The van der Waals surface area contributed by atoms with E-state index in [1.807, 2.05) is 0 Å². The second kappa shape index (κ2) is 7.10. The molecule has 1 aliphatic heterocycles. The molecule has 1 rings (SSSR count). The lowest BCUT2D eigenvalue weighted by atomic mass is 10.1. The number of carboxylic acids is 1. The van der Waals surface area contributed by atoms with Gasteiger partial charge in [-0.1, -0.05) is 6.92 Å². The lowest BCUT2D eigenvalue weighted by molar-refractivity contribution is -0.144. The number of ketones is 1. The topological polar surface area (TPSA) is 92.7 Å². The summed E-state index contributed by atoms with van der Waals surface area (Å²) in [4.78, 5) is 33.8. The maximum Gasteiger partial charge on any atom is 0.326 e. The molecule has 0 spiro atoms. The maximum absolute atomic E-state index is 11.7. The third-order valence-corrected chi connectivity index (χ3v) is 2.94. The molecule has 0 radical (unpaired) electrons. The molecule has 0 aromatic carbocycles. The Balaban J connectivity index is 2.44. The van der Waals surface area contributed by atoms with Crippen molar-refractivity contribution in [3.8, 4) is 0 Å². The van der Waals surface area contributed by atoms with Gasteiger partial charge < -0.3 is 15.2 Å². The van der Waals surface area contributed by atoms with Crippen LogP contribution in [0.5, 0.6) is 0 Å². The van der Waals surface area contributed by atoms with Crippen LogP contribution in [0.3, 0.4) is 0 Å². The zero-order valence-corrected chi connectivity index (χ0v) is 10.5. The van der Waals surface area contributed by atoms with Gasteiger partial charge in [-0.3, -0.25) is 9.59 Å². The predicted octanol–water partition coefficient (Wildman–Crippen LogP) is 0.494. The van der Waals surface area contributed by atoms with Gasteiger partial charge in [0, 0.05) is 19.4 Å². The second-order valence-electron chi connectivity index (χ2n) is 4.33. The summed E-state index contributed by atoms with van der Waals surface area (Å²) in [6.07, 6.45) is 1.55. The molecule has 1 saturated heterocycles. The van der Waals surface area contributed by atoms with Crippen LogP contribution < -0.4 is 5.32 Å². The number of aliphatic carboxylic acids is 1. The second-order valence-corrected chi connectivity index (χ2v) is 4.33. The predicted molar refractivity (Wildman–Crippen MR) is 63.1 cm³/mol. The van der Waals surface area contributed by atoms with Gasteiger partial charge >= 0.3 is 5.97 Å². The Labute approximate surface area is 106 Å². The lowest BCUT2D eigenvalue weighted by Crippen LogP contribution is -2.45. The van der Waals surface area contributed by atoms with Gasteiger partial charge in [0.25, 0.3) is 0 Å². The van der Waals surface area contributed by atoms with E-state index in [1.54, 1.807) is 6.92 Å². The molecule has 0 saturated carbocycles. The zero-order valence-electron chi connectivity index (χ0n) is 10.5. The minimum atomic E-state index is -1.12. The summed E-state index contributed by atoms with van der Waals surface area (Å²) in [6.45, 7) is 2.26. The van der Waals surface area contributed by atoms with Gasteiger partial charge in [0.05, 0.1) is 0 Å². The highest BCUT2D eigenvalue weighted by atomic mass is 16.5. The average Bonchev–Trinajstić information content (AvgIpc) is 2.87. The Bertz CT molecular complexity index is 322. The number of carbonyl (C=O) groups is 3.